The van der Waals surface area contributed by atoms with E-state index in [-0.39, 0.29) is 60.0 Å². The van der Waals surface area contributed by atoms with Gasteiger partial charge in [0.05, 0.1) is 31.1 Å². The maximum Gasteiger partial charge on any atom is 0.326 e. The van der Waals surface area contributed by atoms with E-state index >= 15 is 0 Å². The molecule has 0 fully saturated rings. The molecule has 3 rings (SSSR count). The number of carbonyl (C=O) groups excluding carboxylic acids is 2. The number of hydrogen-bond donors (Lipinski definition) is 6. The Morgan fingerprint density at radius 3 is 2.53 bits per heavy atom. The smallest absolute Gasteiger partial charge is 0.326 e. The van der Waals surface area contributed by atoms with Crippen molar-refractivity contribution in [3.05, 3.63) is 41.7 Å². The summed E-state index contributed by atoms with van der Waals surface area (Å²) in [7, 11) is 0. The fraction of sp³-hybridized carbons (Fsp3) is 0.375. The van der Waals surface area contributed by atoms with Crippen molar-refractivity contribution in [3.8, 4) is 5.88 Å². The zero-order valence-corrected chi connectivity index (χ0v) is 21.0. The van der Waals surface area contributed by atoms with Crippen LogP contribution < -0.4 is 21.7 Å². The van der Waals surface area contributed by atoms with Crippen LogP contribution in [0.3, 0.4) is 0 Å². The van der Waals surface area contributed by atoms with E-state index in [4.69, 9.17) is 10.5 Å². The van der Waals surface area contributed by atoms with Gasteiger partial charge in [-0.2, -0.15) is 9.97 Å². The average Bonchev–Trinajstić information content (AvgIpc) is 2.87. The van der Waals surface area contributed by atoms with Crippen molar-refractivity contribution in [1.29, 1.82) is 0 Å². The van der Waals surface area contributed by atoms with E-state index in [1.807, 2.05) is 13.8 Å². The van der Waals surface area contributed by atoms with Gasteiger partial charge in [0.25, 0.3) is 5.91 Å². The first-order chi connectivity index (χ1) is 18.1. The Morgan fingerprint density at radius 1 is 1.11 bits per heavy atom. The Hall–Kier alpha value is -4.59. The molecule has 38 heavy (non-hydrogen) atoms. The molecule has 14 heteroatoms. The monoisotopic (exact) mass is 526 g/mol. The number of nitrogens with zero attached hydrogens (tertiary/aromatic N) is 4. The minimum Gasteiger partial charge on any atom is -0.492 e. The minimum atomic E-state index is -1.23. The number of fused-ring (bicyclic) bond motifs is 1. The molecule has 2 aromatic heterocycles. The number of aliphatic carboxylic acids is 1. The number of nitrogen functional groups attached to an aromatic ring is 1. The first kappa shape index (κ1) is 28.0. The van der Waals surface area contributed by atoms with Gasteiger partial charge in [-0.3, -0.25) is 9.59 Å². The van der Waals surface area contributed by atoms with Crippen LogP contribution in [0.5, 0.6) is 5.88 Å². The summed E-state index contributed by atoms with van der Waals surface area (Å²) in [4.78, 5) is 52.1. The highest BCUT2D eigenvalue weighted by molar-refractivity contribution is 5.97. The Morgan fingerprint density at radius 2 is 1.84 bits per heavy atom. The van der Waals surface area contributed by atoms with Crippen LogP contribution in [0.4, 0.5) is 11.6 Å². The molecule has 1 aromatic carbocycles. The molecule has 0 saturated carbocycles. The zero-order valence-electron chi connectivity index (χ0n) is 21.0. The Bertz CT molecular complexity index is 1280. The van der Waals surface area contributed by atoms with E-state index in [2.05, 4.69) is 35.9 Å². The summed E-state index contributed by atoms with van der Waals surface area (Å²) in [6, 6.07) is 5.14. The normalized spacial score (nSPS) is 11.8. The van der Waals surface area contributed by atoms with Crippen molar-refractivity contribution < 1.29 is 29.3 Å². The molecule has 0 spiro atoms. The fourth-order valence-corrected chi connectivity index (χ4v) is 3.31. The summed E-state index contributed by atoms with van der Waals surface area (Å²) >= 11 is 0. The number of carboxylic acid groups (broad SMARTS) is 1. The SMILES string of the molecule is CC(C)OCCNC(=O)CC[C@@H](NC(=O)c1ccc(NCc2cnc3nc(N)nc(O)c3n2)cc1)C(=O)O. The van der Waals surface area contributed by atoms with Crippen LogP contribution in [0.15, 0.2) is 30.5 Å². The molecule has 2 heterocycles. The fourth-order valence-electron chi connectivity index (χ4n) is 3.31. The third kappa shape index (κ3) is 8.23. The molecule has 7 N–H and O–H groups in total. The lowest BCUT2D eigenvalue weighted by Crippen LogP contribution is -2.41. The van der Waals surface area contributed by atoms with Gasteiger partial charge in [-0.05, 0) is 44.5 Å². The van der Waals surface area contributed by atoms with E-state index in [1.165, 1.54) is 18.3 Å². The number of carbonyl (C=O) groups is 3. The molecule has 0 aliphatic heterocycles. The van der Waals surface area contributed by atoms with Gasteiger partial charge in [0.2, 0.25) is 17.7 Å². The van der Waals surface area contributed by atoms with Crippen molar-refractivity contribution in [3.63, 3.8) is 0 Å². The third-order valence-corrected chi connectivity index (χ3v) is 5.22. The number of nitrogens with one attached hydrogen (secondary N) is 3. The van der Waals surface area contributed by atoms with Gasteiger partial charge in [-0.25, -0.2) is 14.8 Å². The van der Waals surface area contributed by atoms with Crippen LogP contribution in [0.2, 0.25) is 0 Å². The highest BCUT2D eigenvalue weighted by Gasteiger charge is 2.21. The number of nitrogens with two attached hydrogens (primary N) is 1. The molecule has 0 bridgehead atoms. The first-order valence-corrected chi connectivity index (χ1v) is 11.9. The number of anilines is 2. The molecule has 0 radical (unpaired) electrons. The largest absolute Gasteiger partial charge is 0.492 e. The van der Waals surface area contributed by atoms with Gasteiger partial charge in [-0.1, -0.05) is 0 Å². The number of amides is 2. The number of aromatic hydroxyl groups is 1. The quantitative estimate of drug-likeness (QED) is 0.171. The van der Waals surface area contributed by atoms with Gasteiger partial charge in [-0.15, -0.1) is 0 Å². The van der Waals surface area contributed by atoms with Crippen LogP contribution in [0.25, 0.3) is 11.2 Å². The Balaban J connectivity index is 1.50. The van der Waals surface area contributed by atoms with Crippen molar-refractivity contribution >= 4 is 40.6 Å². The number of benzene rings is 1. The molecule has 1 atom stereocenters. The molecule has 3 aromatic rings. The summed E-state index contributed by atoms with van der Waals surface area (Å²) in [6.45, 7) is 4.70. The average molecular weight is 527 g/mol. The van der Waals surface area contributed by atoms with Crippen LogP contribution in [0, 0.1) is 0 Å². The van der Waals surface area contributed by atoms with E-state index in [0.29, 0.717) is 24.5 Å². The topological polar surface area (TPSA) is 215 Å². The maximum absolute atomic E-state index is 12.6. The Labute approximate surface area is 218 Å². The summed E-state index contributed by atoms with van der Waals surface area (Å²) in [5.74, 6) is -2.61. The highest BCUT2D eigenvalue weighted by atomic mass is 16.5. The second-order valence-corrected chi connectivity index (χ2v) is 8.54. The third-order valence-electron chi connectivity index (χ3n) is 5.22. The van der Waals surface area contributed by atoms with Crippen LogP contribution in [0.1, 0.15) is 42.7 Å². The molecule has 0 aliphatic rings. The zero-order chi connectivity index (χ0) is 27.7. The van der Waals surface area contributed by atoms with Crippen LogP contribution in [-0.4, -0.2) is 73.2 Å². The van der Waals surface area contributed by atoms with E-state index < -0.39 is 17.9 Å². The lowest BCUT2D eigenvalue weighted by Gasteiger charge is -2.15. The van der Waals surface area contributed by atoms with Crippen LogP contribution in [-0.2, 0) is 20.9 Å². The second-order valence-electron chi connectivity index (χ2n) is 8.54. The number of carboxylic acids is 1. The van der Waals surface area contributed by atoms with Gasteiger partial charge in [0.15, 0.2) is 11.2 Å². The van der Waals surface area contributed by atoms with Crippen molar-refractivity contribution in [1.82, 2.24) is 30.6 Å². The number of rotatable bonds is 13. The lowest BCUT2D eigenvalue weighted by molar-refractivity contribution is -0.139. The van der Waals surface area contributed by atoms with E-state index in [9.17, 15) is 24.6 Å². The van der Waals surface area contributed by atoms with Crippen LogP contribution >= 0.6 is 0 Å². The van der Waals surface area contributed by atoms with Crippen molar-refractivity contribution in [2.24, 2.45) is 0 Å². The van der Waals surface area contributed by atoms with E-state index in [0.717, 1.165) is 0 Å². The van der Waals surface area contributed by atoms with Gasteiger partial charge in [0, 0.05) is 24.2 Å². The summed E-state index contributed by atoms with van der Waals surface area (Å²) in [5, 5.41) is 27.6. The molecular weight excluding hydrogens is 496 g/mol. The summed E-state index contributed by atoms with van der Waals surface area (Å²) < 4.78 is 5.33. The van der Waals surface area contributed by atoms with Gasteiger partial charge in [0.1, 0.15) is 6.04 Å². The molecule has 0 unspecified atom stereocenters. The number of hydrogen-bond acceptors (Lipinski definition) is 11. The molecule has 202 valence electrons. The molecule has 14 nitrogen and oxygen atoms in total. The van der Waals surface area contributed by atoms with Crippen molar-refractivity contribution in [2.45, 2.75) is 45.4 Å². The van der Waals surface area contributed by atoms with Gasteiger partial charge < -0.3 is 36.6 Å². The van der Waals surface area contributed by atoms with Gasteiger partial charge >= 0.3 is 5.97 Å². The second kappa shape index (κ2) is 13.1. The predicted octanol–water partition coefficient (Wildman–Crippen LogP) is 0.824. The Kier molecular flexibility index (Phi) is 9.65. The van der Waals surface area contributed by atoms with E-state index in [1.54, 1.807) is 12.1 Å². The molecule has 0 aliphatic carbocycles. The molecular formula is C24H30N8O6. The molecule has 2 amide bonds. The first-order valence-electron chi connectivity index (χ1n) is 11.9. The van der Waals surface area contributed by atoms with Crippen molar-refractivity contribution in [2.75, 3.05) is 24.2 Å². The minimum absolute atomic E-state index is 0.0499. The summed E-state index contributed by atoms with van der Waals surface area (Å²) in [5.41, 5.74) is 7.20. The number of aromatic nitrogens is 4. The lowest BCUT2D eigenvalue weighted by atomic mass is 10.1. The maximum atomic E-state index is 12.6. The summed E-state index contributed by atoms with van der Waals surface area (Å²) in [6.07, 6.45) is 1.41. The molecule has 0 saturated heterocycles. The number of ether oxygens (including phenoxy) is 1. The standard InChI is InChI=1S/C24H30N8O6/c1-13(2)38-10-9-26-18(33)8-7-17(23(36)37)30-21(34)14-3-5-15(6-4-14)27-11-16-12-28-20-19(29-16)22(35)32-24(25)31-20/h3-6,12-13,17,27H,7-11H2,1-2H3,(H,26,33)(H,30,34)(H,36,37)(H3,25,28,31,32,35)/t17-/m1/s1. The highest BCUT2D eigenvalue weighted by Crippen LogP contribution is 2.19. The predicted molar refractivity (Wildman–Crippen MR) is 137 cm³/mol.